The summed E-state index contributed by atoms with van der Waals surface area (Å²) in [7, 11) is -9.92. The molecule has 95 heavy (non-hydrogen) atoms. The van der Waals surface area contributed by atoms with Crippen LogP contribution in [0.4, 0.5) is 0 Å². The largest absolute Gasteiger partial charge is 0.472 e. The fraction of sp³-hybridized carbons (Fsp3) is 0.895. The van der Waals surface area contributed by atoms with Crippen LogP contribution in [0.1, 0.15) is 363 Å². The maximum Gasteiger partial charge on any atom is 0.472 e. The normalized spacial score (nSPS) is 14.2. The van der Waals surface area contributed by atoms with Crippen molar-refractivity contribution in [1.82, 2.24) is 0 Å². The van der Waals surface area contributed by atoms with Crippen LogP contribution >= 0.6 is 15.6 Å². The minimum absolute atomic E-state index is 0.100. The number of esters is 4. The van der Waals surface area contributed by atoms with Crippen molar-refractivity contribution in [3.63, 3.8) is 0 Å². The van der Waals surface area contributed by atoms with Crippen LogP contribution in [-0.2, 0) is 65.4 Å². The van der Waals surface area contributed by atoms with E-state index >= 15 is 0 Å². The summed E-state index contributed by atoms with van der Waals surface area (Å²) in [6.45, 7) is 11.8. The van der Waals surface area contributed by atoms with E-state index in [4.69, 9.17) is 37.0 Å². The third-order valence-electron chi connectivity index (χ3n) is 17.0. The smallest absolute Gasteiger partial charge is 0.462 e. The lowest BCUT2D eigenvalue weighted by Crippen LogP contribution is -2.30. The molecule has 0 rings (SSSR count). The zero-order valence-corrected chi connectivity index (χ0v) is 63.4. The summed E-state index contributed by atoms with van der Waals surface area (Å²) >= 11 is 0. The van der Waals surface area contributed by atoms with Crippen molar-refractivity contribution in [2.24, 2.45) is 17.8 Å². The second-order valence-corrected chi connectivity index (χ2v) is 31.0. The molecule has 0 aromatic heterocycles. The van der Waals surface area contributed by atoms with E-state index in [-0.39, 0.29) is 25.7 Å². The highest BCUT2D eigenvalue weighted by Crippen LogP contribution is 2.45. The summed E-state index contributed by atoms with van der Waals surface area (Å²) in [5, 5.41) is 10.6. The van der Waals surface area contributed by atoms with Gasteiger partial charge in [-0.25, -0.2) is 9.13 Å². The van der Waals surface area contributed by atoms with Gasteiger partial charge in [-0.15, -0.1) is 0 Å². The van der Waals surface area contributed by atoms with Crippen molar-refractivity contribution in [1.29, 1.82) is 0 Å². The Labute approximate surface area is 580 Å². The van der Waals surface area contributed by atoms with E-state index in [0.29, 0.717) is 31.6 Å². The van der Waals surface area contributed by atoms with Crippen LogP contribution in [0.2, 0.25) is 0 Å². The topological polar surface area (TPSA) is 237 Å². The number of rotatable bonds is 72. The second-order valence-electron chi connectivity index (χ2n) is 28.1. The first kappa shape index (κ1) is 92.5. The third-order valence-corrected chi connectivity index (χ3v) is 18.9. The van der Waals surface area contributed by atoms with Crippen LogP contribution < -0.4 is 0 Å². The molecule has 0 radical (unpaired) electrons. The number of aliphatic hydroxyl groups excluding tert-OH is 1. The molecule has 0 aliphatic heterocycles. The highest BCUT2D eigenvalue weighted by atomic mass is 31.2. The predicted molar refractivity (Wildman–Crippen MR) is 386 cm³/mol. The molecule has 0 bridgehead atoms. The quantitative estimate of drug-likeness (QED) is 0.0169. The Morgan fingerprint density at radius 2 is 0.568 bits per heavy atom. The maximum absolute atomic E-state index is 13.1. The molecule has 0 aliphatic rings. The zero-order chi connectivity index (χ0) is 70.1. The minimum atomic E-state index is -4.97. The lowest BCUT2D eigenvalue weighted by atomic mass is 10.0. The van der Waals surface area contributed by atoms with Gasteiger partial charge in [-0.1, -0.05) is 310 Å². The van der Waals surface area contributed by atoms with Gasteiger partial charge in [-0.3, -0.25) is 37.3 Å². The van der Waals surface area contributed by atoms with E-state index in [0.717, 1.165) is 121 Å². The van der Waals surface area contributed by atoms with Crippen molar-refractivity contribution < 1.29 is 80.2 Å². The van der Waals surface area contributed by atoms with E-state index in [1.807, 2.05) is 0 Å². The third kappa shape index (κ3) is 69.8. The number of phosphoric acid groups is 2. The molecule has 0 saturated carbocycles. The number of hydrogen-bond acceptors (Lipinski definition) is 15. The van der Waals surface area contributed by atoms with Gasteiger partial charge < -0.3 is 33.8 Å². The number of hydrogen-bond donors (Lipinski definition) is 3. The maximum atomic E-state index is 13.1. The summed E-state index contributed by atoms with van der Waals surface area (Å²) in [6.07, 6.45) is 55.0. The Bertz CT molecular complexity index is 1950. The summed E-state index contributed by atoms with van der Waals surface area (Å²) < 4.78 is 68.4. The number of unbranched alkanes of at least 4 members (excludes halogenated alkanes) is 37. The van der Waals surface area contributed by atoms with Gasteiger partial charge in [0, 0.05) is 25.7 Å². The number of phosphoric ester groups is 2. The SMILES string of the molecule is CCCCCC/C=C\C=C/CCCCCCCC(=O)OC[C@H](COP(=O)(O)OCC(O)COP(=O)(O)OC[C@@H](COC(=O)CCCCCCCCCCC(C)C)OC(=O)CCCCCCCCCCC(C)C)OC(=O)CCCCCCCCCCCCCCCCCC(C)C. The first-order valence-electron chi connectivity index (χ1n) is 38.7. The second kappa shape index (κ2) is 66.1. The van der Waals surface area contributed by atoms with Crippen molar-refractivity contribution in [2.45, 2.75) is 381 Å². The Hall–Kier alpha value is -2.46. The molecule has 19 heteroatoms. The van der Waals surface area contributed by atoms with Crippen molar-refractivity contribution in [3.8, 4) is 0 Å². The van der Waals surface area contributed by atoms with E-state index in [1.54, 1.807) is 0 Å². The molecule has 0 aliphatic carbocycles. The Balaban J connectivity index is 5.28. The molecule has 3 unspecified atom stereocenters. The van der Waals surface area contributed by atoms with Gasteiger partial charge in [0.15, 0.2) is 12.2 Å². The number of allylic oxidation sites excluding steroid dienone is 4. The highest BCUT2D eigenvalue weighted by Gasteiger charge is 2.30. The number of aliphatic hydroxyl groups is 1. The number of ether oxygens (including phenoxy) is 4. The molecule has 0 fully saturated rings. The van der Waals surface area contributed by atoms with Crippen LogP contribution in [0.15, 0.2) is 24.3 Å². The van der Waals surface area contributed by atoms with E-state index < -0.39 is 97.5 Å². The van der Waals surface area contributed by atoms with E-state index in [2.05, 4.69) is 72.8 Å². The van der Waals surface area contributed by atoms with Gasteiger partial charge >= 0.3 is 39.5 Å². The van der Waals surface area contributed by atoms with Crippen molar-refractivity contribution >= 4 is 39.5 Å². The lowest BCUT2D eigenvalue weighted by molar-refractivity contribution is -0.161. The van der Waals surface area contributed by atoms with Gasteiger partial charge in [-0.2, -0.15) is 0 Å². The first-order valence-corrected chi connectivity index (χ1v) is 41.7. The molecule has 0 saturated heterocycles. The van der Waals surface area contributed by atoms with Gasteiger partial charge in [0.2, 0.25) is 0 Å². The monoisotopic (exact) mass is 1390 g/mol. The molecule has 0 aromatic rings. The summed E-state index contributed by atoms with van der Waals surface area (Å²) in [5.41, 5.74) is 0. The molecule has 5 atom stereocenters. The van der Waals surface area contributed by atoms with E-state index in [1.165, 1.54) is 154 Å². The fourth-order valence-corrected chi connectivity index (χ4v) is 12.6. The zero-order valence-electron chi connectivity index (χ0n) is 61.6. The van der Waals surface area contributed by atoms with Gasteiger partial charge in [0.1, 0.15) is 19.3 Å². The summed E-state index contributed by atoms with van der Waals surface area (Å²) in [5.74, 6) is 0.0914. The van der Waals surface area contributed by atoms with Crippen molar-refractivity contribution in [2.75, 3.05) is 39.6 Å². The fourth-order valence-electron chi connectivity index (χ4n) is 11.1. The number of carbonyl (C=O) groups is 4. The number of carbonyl (C=O) groups excluding carboxylic acids is 4. The summed E-state index contributed by atoms with van der Waals surface area (Å²) in [4.78, 5) is 72.8. The molecule has 17 nitrogen and oxygen atoms in total. The molecule has 0 spiro atoms. The molecular weight excluding hydrogens is 1250 g/mol. The average Bonchev–Trinajstić information content (AvgIpc) is 1.46. The minimum Gasteiger partial charge on any atom is -0.462 e. The lowest BCUT2D eigenvalue weighted by Gasteiger charge is -2.21. The van der Waals surface area contributed by atoms with Gasteiger partial charge in [0.05, 0.1) is 26.4 Å². The molecule has 3 N–H and O–H groups in total. The summed E-state index contributed by atoms with van der Waals surface area (Å²) in [6, 6.07) is 0. The van der Waals surface area contributed by atoms with Crippen molar-refractivity contribution in [3.05, 3.63) is 24.3 Å². The van der Waals surface area contributed by atoms with Gasteiger partial charge in [0.25, 0.3) is 0 Å². The Kier molecular flexibility index (Phi) is 64.4. The first-order chi connectivity index (χ1) is 45.7. The van der Waals surface area contributed by atoms with Crippen LogP contribution in [0.3, 0.4) is 0 Å². The van der Waals surface area contributed by atoms with Gasteiger partial charge in [-0.05, 0) is 69.1 Å². The predicted octanol–water partition coefficient (Wildman–Crippen LogP) is 21.7. The van der Waals surface area contributed by atoms with Crippen LogP contribution in [0, 0.1) is 17.8 Å². The molecule has 0 aromatic carbocycles. The van der Waals surface area contributed by atoms with E-state index in [9.17, 15) is 43.2 Å². The molecule has 0 heterocycles. The molecular formula is C76H144O17P2. The van der Waals surface area contributed by atoms with Crippen LogP contribution in [-0.4, -0.2) is 96.7 Å². The Morgan fingerprint density at radius 1 is 0.326 bits per heavy atom. The standard InChI is InChI=1S/C76H144O17P2/c1-8-9-10-11-12-13-14-15-17-21-24-27-36-43-50-57-73(78)86-63-71(92-75(80)59-52-45-38-28-25-22-19-16-18-20-23-26-33-40-47-54-67(2)3)65-90-94(82,83)88-61-70(77)62-89-95(84,85)91-66-72(93-76(81)60-53-46-39-32-30-35-42-49-56-69(6)7)64-87-74(79)58-51-44-37-31-29-34-41-48-55-68(4)5/h13-15,17,67-72,77H,8-12,16,18-66H2,1-7H3,(H,82,83)(H,84,85)/b14-13-,17-15-/t70?,71-,72-/m1/s1. The molecule has 560 valence electrons. The van der Waals surface area contributed by atoms with Crippen LogP contribution in [0.5, 0.6) is 0 Å². The molecule has 0 amide bonds. The average molecular weight is 1390 g/mol. The Morgan fingerprint density at radius 3 is 0.853 bits per heavy atom. The highest BCUT2D eigenvalue weighted by molar-refractivity contribution is 7.47. The van der Waals surface area contributed by atoms with Crippen LogP contribution in [0.25, 0.3) is 0 Å².